The normalized spacial score (nSPS) is 12.9. The second-order valence-electron chi connectivity index (χ2n) is 4.86. The van der Waals surface area contributed by atoms with Crippen LogP contribution in [0.1, 0.15) is 0 Å². The summed E-state index contributed by atoms with van der Waals surface area (Å²) in [7, 11) is 1.67. The van der Waals surface area contributed by atoms with Crippen LogP contribution in [0.2, 0.25) is 0 Å². The topological polar surface area (TPSA) is 34.5 Å². The summed E-state index contributed by atoms with van der Waals surface area (Å²) in [6.07, 6.45) is 0. The molecule has 0 unspecified atom stereocenters. The maximum absolute atomic E-state index is 10.1. The molecule has 0 saturated heterocycles. The van der Waals surface area contributed by atoms with Crippen molar-refractivity contribution < 1.29 is 8.84 Å². The van der Waals surface area contributed by atoms with E-state index in [2.05, 4.69) is 12.1 Å². The molecular formula is C17H12N2OS. The lowest BCUT2D eigenvalue weighted by molar-refractivity contribution is -0.285. The number of hydrogen-bond donors (Lipinski definition) is 0. The number of hydrogen-bond acceptors (Lipinski definition) is 2. The quantitative estimate of drug-likeness (QED) is 0.480. The summed E-state index contributed by atoms with van der Waals surface area (Å²) in [5, 5.41) is 2.18. The van der Waals surface area contributed by atoms with Crippen LogP contribution in [-0.4, -0.2) is 11.2 Å². The van der Waals surface area contributed by atoms with Gasteiger partial charge in [-0.25, -0.2) is 4.10 Å². The van der Waals surface area contributed by atoms with Crippen molar-refractivity contribution in [1.29, 1.82) is 0 Å². The highest BCUT2D eigenvalue weighted by molar-refractivity contribution is 7.95. The zero-order chi connectivity index (χ0) is 14.4. The van der Waals surface area contributed by atoms with E-state index in [-0.39, 0.29) is 0 Å². The summed E-state index contributed by atoms with van der Waals surface area (Å²) >= 11 is 1.34. The van der Waals surface area contributed by atoms with Crippen LogP contribution >= 0.6 is 11.9 Å². The smallest absolute Gasteiger partial charge is 0.240 e. The first-order chi connectivity index (χ1) is 10.3. The van der Waals surface area contributed by atoms with Gasteiger partial charge in [-0.2, -0.15) is 0 Å². The van der Waals surface area contributed by atoms with Gasteiger partial charge in [0.25, 0.3) is 0 Å². The second kappa shape index (κ2) is 4.60. The average Bonchev–Trinajstić information content (AvgIpc) is 2.53. The van der Waals surface area contributed by atoms with Gasteiger partial charge in [0, 0.05) is 10.8 Å². The highest BCUT2D eigenvalue weighted by atomic mass is 32.2. The van der Waals surface area contributed by atoms with E-state index < -0.39 is 0 Å². The largest absolute Gasteiger partial charge is 0.495 e. The Kier molecular flexibility index (Phi) is 2.72. The molecule has 0 N–H and O–H groups in total. The molecule has 0 amide bonds. The van der Waals surface area contributed by atoms with E-state index >= 15 is 0 Å². The van der Waals surface area contributed by atoms with E-state index in [0.717, 1.165) is 38.2 Å². The van der Waals surface area contributed by atoms with Crippen LogP contribution in [0.3, 0.4) is 0 Å². The van der Waals surface area contributed by atoms with Crippen LogP contribution in [0, 0.1) is 0 Å². The number of methoxy groups -OCH3 is 1. The zero-order valence-corrected chi connectivity index (χ0v) is 12.2. The first kappa shape index (κ1) is 12.4. The van der Waals surface area contributed by atoms with Gasteiger partial charge in [-0.3, -0.25) is 0 Å². The van der Waals surface area contributed by atoms with Crippen molar-refractivity contribution >= 4 is 28.4 Å². The molecule has 0 radical (unpaired) electrons. The van der Waals surface area contributed by atoms with Crippen molar-refractivity contribution in [2.45, 2.75) is 4.90 Å². The molecule has 0 bridgehead atoms. The van der Waals surface area contributed by atoms with Gasteiger partial charge in [-0.05, 0) is 5.56 Å². The third-order valence-electron chi connectivity index (χ3n) is 3.73. The van der Waals surface area contributed by atoms with Gasteiger partial charge in [0.2, 0.25) is 5.69 Å². The lowest BCUT2D eigenvalue weighted by atomic mass is 9.97. The Balaban J connectivity index is 2.17. The van der Waals surface area contributed by atoms with Gasteiger partial charge in [0.1, 0.15) is 5.75 Å². The average molecular weight is 292 g/mol. The first-order valence-corrected chi connectivity index (χ1v) is 7.43. The molecule has 1 aliphatic heterocycles. The zero-order valence-electron chi connectivity index (χ0n) is 11.4. The highest BCUT2D eigenvalue weighted by Gasteiger charge is 2.37. The molecule has 0 atom stereocenters. The third kappa shape index (κ3) is 1.69. The van der Waals surface area contributed by atoms with E-state index in [1.807, 2.05) is 42.5 Å². The molecule has 102 valence electrons. The summed E-state index contributed by atoms with van der Waals surface area (Å²) < 4.78 is 6.90. The predicted molar refractivity (Wildman–Crippen MR) is 85.1 cm³/mol. The van der Waals surface area contributed by atoms with Crippen LogP contribution in [0.4, 0.5) is 5.69 Å². The molecule has 4 rings (SSSR count). The predicted octanol–water partition coefficient (Wildman–Crippen LogP) is 5.20. The van der Waals surface area contributed by atoms with Gasteiger partial charge < -0.3 is 10.3 Å². The minimum Gasteiger partial charge on any atom is -0.495 e. The molecule has 0 fully saturated rings. The number of benzene rings is 3. The second-order valence-corrected chi connectivity index (χ2v) is 5.80. The third-order valence-corrected chi connectivity index (χ3v) is 4.68. The summed E-state index contributed by atoms with van der Waals surface area (Å²) in [6.45, 7) is 0. The van der Waals surface area contributed by atoms with E-state index in [4.69, 9.17) is 4.74 Å². The lowest BCUT2D eigenvalue weighted by Crippen LogP contribution is -2.06. The van der Waals surface area contributed by atoms with Gasteiger partial charge in [-0.1, -0.05) is 54.6 Å². The fourth-order valence-corrected chi connectivity index (χ4v) is 3.68. The van der Waals surface area contributed by atoms with Crippen LogP contribution < -0.4 is 4.74 Å². The number of rotatable bonds is 2. The maximum Gasteiger partial charge on any atom is 0.240 e. The highest BCUT2D eigenvalue weighted by Crippen LogP contribution is 2.57. The van der Waals surface area contributed by atoms with Crippen molar-refractivity contribution in [3.8, 4) is 16.9 Å². The maximum atomic E-state index is 10.1. The number of fused-ring (bicyclic) bond motifs is 3. The summed E-state index contributed by atoms with van der Waals surface area (Å²) in [5.74, 6) is 0.801. The molecule has 0 spiro atoms. The molecule has 1 aliphatic rings. The minimum atomic E-state index is 0.801. The fraction of sp³-hybridized carbons (Fsp3) is 0.0588. The fourth-order valence-electron chi connectivity index (χ4n) is 2.82. The molecule has 3 nitrogen and oxygen atoms in total. The molecule has 1 heterocycles. The van der Waals surface area contributed by atoms with Gasteiger partial charge >= 0.3 is 0 Å². The summed E-state index contributed by atoms with van der Waals surface area (Å²) in [6, 6.07) is 18.2. The molecule has 3 aromatic rings. The number of ether oxygens (including phenoxy) is 1. The monoisotopic (exact) mass is 292 g/mol. The molecule has 3 aromatic carbocycles. The Hall–Kier alpha value is -2.33. The van der Waals surface area contributed by atoms with Crippen molar-refractivity contribution in [2.24, 2.45) is 0 Å². The van der Waals surface area contributed by atoms with E-state index in [0.29, 0.717) is 0 Å². The van der Waals surface area contributed by atoms with E-state index in [9.17, 15) is 5.53 Å². The van der Waals surface area contributed by atoms with Crippen molar-refractivity contribution in [3.63, 3.8) is 0 Å². The summed E-state index contributed by atoms with van der Waals surface area (Å²) in [5.41, 5.74) is 12.9. The van der Waals surface area contributed by atoms with E-state index in [1.54, 1.807) is 7.11 Å². The molecular weight excluding hydrogens is 280 g/mol. The Morgan fingerprint density at radius 1 is 0.952 bits per heavy atom. The molecule has 21 heavy (non-hydrogen) atoms. The standard InChI is InChI=1S/C17H12N2OS/c1-20-16-12-9-5-6-10-13(12)17-15(19(18)21-17)14(16)11-7-3-2-4-8-11/h2-10H,1H3. The molecule has 0 aliphatic carbocycles. The Morgan fingerprint density at radius 3 is 2.29 bits per heavy atom. The van der Waals surface area contributed by atoms with Crippen molar-refractivity contribution in [1.82, 2.24) is 0 Å². The van der Waals surface area contributed by atoms with Crippen molar-refractivity contribution in [2.75, 3.05) is 7.11 Å². The van der Waals surface area contributed by atoms with Crippen LogP contribution in [-0.2, 0) is 0 Å². The molecule has 0 aromatic heterocycles. The van der Waals surface area contributed by atoms with Gasteiger partial charge in [-0.15, -0.1) is 0 Å². The van der Waals surface area contributed by atoms with E-state index in [1.165, 1.54) is 16.1 Å². The van der Waals surface area contributed by atoms with Gasteiger partial charge in [0.15, 0.2) is 16.8 Å². The Bertz CT molecular complexity index is 875. The first-order valence-electron chi connectivity index (χ1n) is 6.66. The molecule has 4 heteroatoms. The number of nitrogens with zero attached hydrogens (tertiary/aromatic N) is 2. The Morgan fingerprint density at radius 2 is 1.62 bits per heavy atom. The van der Waals surface area contributed by atoms with Crippen LogP contribution in [0.15, 0.2) is 59.5 Å². The molecule has 0 saturated carbocycles. The lowest BCUT2D eigenvalue weighted by Gasteiger charge is -2.23. The minimum absolute atomic E-state index is 0.801. The SMILES string of the molecule is COc1c(-c2ccccc2)c2c(c3ccccc13)S[N+]2=[N-]. The van der Waals surface area contributed by atoms with Gasteiger partial charge in [0.05, 0.1) is 12.7 Å². The van der Waals surface area contributed by atoms with Crippen LogP contribution in [0.5, 0.6) is 5.75 Å². The summed E-state index contributed by atoms with van der Waals surface area (Å²) in [4.78, 5) is 1.09. The van der Waals surface area contributed by atoms with Crippen molar-refractivity contribution in [3.05, 3.63) is 60.1 Å². The Labute approximate surface area is 126 Å². The van der Waals surface area contributed by atoms with Crippen LogP contribution in [0.25, 0.3) is 27.4 Å².